The van der Waals surface area contributed by atoms with Gasteiger partial charge in [0.1, 0.15) is 23.5 Å². The number of hydrogen-bond acceptors (Lipinski definition) is 6. The van der Waals surface area contributed by atoms with Crippen molar-refractivity contribution in [2.45, 2.75) is 96.4 Å². The molecule has 3 amide bonds. The number of ketones is 1. The van der Waals surface area contributed by atoms with Gasteiger partial charge in [0.2, 0.25) is 11.8 Å². The van der Waals surface area contributed by atoms with E-state index in [2.05, 4.69) is 10.3 Å². The predicted molar refractivity (Wildman–Crippen MR) is 160 cm³/mol. The number of aromatic nitrogens is 1. The van der Waals surface area contributed by atoms with Crippen LogP contribution in [0.25, 0.3) is 0 Å². The molecule has 2 aliphatic rings. The van der Waals surface area contributed by atoms with E-state index in [9.17, 15) is 23.6 Å². The van der Waals surface area contributed by atoms with Gasteiger partial charge in [-0.1, -0.05) is 19.3 Å². The number of nitrogens with one attached hydrogen (secondary N) is 1. The number of carbonyl (C=O) groups excluding carboxylic acids is 4. The summed E-state index contributed by atoms with van der Waals surface area (Å²) in [7, 11) is 1.51. The monoisotopic (exact) mass is 594 g/mol. The Morgan fingerprint density at radius 2 is 1.67 bits per heavy atom. The van der Waals surface area contributed by atoms with Crippen molar-refractivity contribution in [1.29, 1.82) is 0 Å². The van der Waals surface area contributed by atoms with Gasteiger partial charge >= 0.3 is 6.09 Å². The van der Waals surface area contributed by atoms with E-state index in [0.29, 0.717) is 24.1 Å². The van der Waals surface area contributed by atoms with Crippen molar-refractivity contribution in [3.05, 3.63) is 65.2 Å². The van der Waals surface area contributed by atoms with E-state index in [1.54, 1.807) is 44.9 Å². The first kappa shape index (κ1) is 32.1. The molecule has 0 spiro atoms. The van der Waals surface area contributed by atoms with Gasteiger partial charge in [-0.25, -0.2) is 9.18 Å². The van der Waals surface area contributed by atoms with E-state index in [-0.39, 0.29) is 23.7 Å². The molecule has 9 nitrogen and oxygen atoms in total. The Balaban J connectivity index is 1.54. The molecule has 1 aliphatic carbocycles. The highest BCUT2D eigenvalue weighted by Crippen LogP contribution is 2.35. The first-order chi connectivity index (χ1) is 20.4. The number of nitrogens with zero attached hydrogens (tertiary/aromatic N) is 3. The Morgan fingerprint density at radius 1 is 1.00 bits per heavy atom. The minimum Gasteiger partial charge on any atom is -0.444 e. The molecule has 0 bridgehead atoms. The maximum Gasteiger partial charge on any atom is 0.410 e. The lowest BCUT2D eigenvalue weighted by molar-refractivity contribution is -0.140. The van der Waals surface area contributed by atoms with Crippen LogP contribution in [0.5, 0.6) is 0 Å². The number of amides is 3. The molecule has 1 saturated heterocycles. The standard InChI is InChI=1S/C33H43FN4O5/c1-21(37(5)32(42)43-33(2,3)4)30(40)36-28(22-10-7-6-8-11-22)31(41)38-17-9-12-27(38)24-18-25(20-35-19-24)29(39)23-13-15-26(34)16-14-23/h13-16,18-22,27-28H,6-12,17H2,1-5H3,(H,36,40)/t21-,27-,28?/m0/s1. The number of pyridine rings is 1. The summed E-state index contributed by atoms with van der Waals surface area (Å²) in [5, 5.41) is 3.01. The number of hydrogen-bond donors (Lipinski definition) is 1. The van der Waals surface area contributed by atoms with Gasteiger partial charge in [-0.2, -0.15) is 0 Å². The van der Waals surface area contributed by atoms with Crippen molar-refractivity contribution in [2.24, 2.45) is 5.92 Å². The topological polar surface area (TPSA) is 109 Å². The highest BCUT2D eigenvalue weighted by molar-refractivity contribution is 6.08. The second-order valence-electron chi connectivity index (χ2n) is 12.7. The Labute approximate surface area is 253 Å². The second kappa shape index (κ2) is 13.7. The van der Waals surface area contributed by atoms with Crippen molar-refractivity contribution in [3.8, 4) is 0 Å². The van der Waals surface area contributed by atoms with Crippen molar-refractivity contribution in [1.82, 2.24) is 20.1 Å². The molecule has 4 rings (SSSR count). The molecule has 1 N–H and O–H groups in total. The minimum atomic E-state index is -0.846. The van der Waals surface area contributed by atoms with Crippen LogP contribution in [-0.4, -0.2) is 69.8 Å². The first-order valence-electron chi connectivity index (χ1n) is 15.2. The van der Waals surface area contributed by atoms with Crippen molar-refractivity contribution in [2.75, 3.05) is 13.6 Å². The molecule has 232 valence electrons. The zero-order valence-electron chi connectivity index (χ0n) is 25.8. The van der Waals surface area contributed by atoms with Crippen LogP contribution in [0.15, 0.2) is 42.7 Å². The Morgan fingerprint density at radius 3 is 2.33 bits per heavy atom. The summed E-state index contributed by atoms with van der Waals surface area (Å²) in [6.07, 6.45) is 8.72. The van der Waals surface area contributed by atoms with Crippen LogP contribution < -0.4 is 5.32 Å². The maximum atomic E-state index is 14.2. The molecule has 2 fully saturated rings. The lowest BCUT2D eigenvalue weighted by Gasteiger charge is -2.36. The van der Waals surface area contributed by atoms with Crippen LogP contribution in [0.2, 0.25) is 0 Å². The number of likely N-dealkylation sites (tertiary alicyclic amines) is 1. The Bertz CT molecular complexity index is 1320. The number of likely N-dealkylation sites (N-methyl/N-ethyl adjacent to an activating group) is 1. The molecule has 2 aromatic rings. The van der Waals surface area contributed by atoms with E-state index in [1.807, 2.05) is 0 Å². The maximum absolute atomic E-state index is 14.2. The Kier molecular flexibility index (Phi) is 10.2. The number of rotatable bonds is 8. The van der Waals surface area contributed by atoms with Crippen LogP contribution in [0.4, 0.5) is 9.18 Å². The zero-order valence-corrected chi connectivity index (χ0v) is 25.8. The lowest BCUT2D eigenvalue weighted by Crippen LogP contribution is -2.56. The van der Waals surface area contributed by atoms with E-state index in [4.69, 9.17) is 4.74 Å². The molecule has 10 heteroatoms. The quantitative estimate of drug-likeness (QED) is 0.408. The second-order valence-corrected chi connectivity index (χ2v) is 12.7. The Hall–Kier alpha value is -3.82. The smallest absolute Gasteiger partial charge is 0.410 e. The summed E-state index contributed by atoms with van der Waals surface area (Å²) in [6.45, 7) is 7.43. The average molecular weight is 595 g/mol. The van der Waals surface area contributed by atoms with Gasteiger partial charge in [0.05, 0.1) is 6.04 Å². The molecule has 1 saturated carbocycles. The van der Waals surface area contributed by atoms with Crippen LogP contribution in [-0.2, 0) is 14.3 Å². The van der Waals surface area contributed by atoms with Gasteiger partial charge in [-0.15, -0.1) is 0 Å². The summed E-state index contributed by atoms with van der Waals surface area (Å²) in [5.41, 5.74) is 0.748. The van der Waals surface area contributed by atoms with Gasteiger partial charge in [0.15, 0.2) is 5.78 Å². The SMILES string of the molecule is C[C@@H](C(=O)NC(C(=O)N1CCC[C@H]1c1cncc(C(=O)c2ccc(F)cc2)c1)C1CCCCC1)N(C)C(=O)OC(C)(C)C. The van der Waals surface area contributed by atoms with E-state index in [1.165, 1.54) is 42.4 Å². The molecular weight excluding hydrogens is 551 g/mol. The fraction of sp³-hybridized carbons (Fsp3) is 0.545. The van der Waals surface area contributed by atoms with Crippen molar-refractivity contribution < 1.29 is 28.3 Å². The molecule has 1 aromatic heterocycles. The largest absolute Gasteiger partial charge is 0.444 e. The number of benzene rings is 1. The van der Waals surface area contributed by atoms with E-state index < -0.39 is 35.5 Å². The van der Waals surface area contributed by atoms with E-state index >= 15 is 0 Å². The third-order valence-electron chi connectivity index (χ3n) is 8.38. The third-order valence-corrected chi connectivity index (χ3v) is 8.38. The van der Waals surface area contributed by atoms with Crippen LogP contribution >= 0.6 is 0 Å². The molecule has 1 aromatic carbocycles. The van der Waals surface area contributed by atoms with Gasteiger partial charge in [0.25, 0.3) is 0 Å². The zero-order chi connectivity index (χ0) is 31.3. The van der Waals surface area contributed by atoms with Crippen LogP contribution in [0, 0.1) is 11.7 Å². The van der Waals surface area contributed by atoms with Gasteiger partial charge in [-0.3, -0.25) is 24.3 Å². The molecule has 0 radical (unpaired) electrons. The first-order valence-corrected chi connectivity index (χ1v) is 15.2. The van der Waals surface area contributed by atoms with Crippen molar-refractivity contribution >= 4 is 23.7 Å². The van der Waals surface area contributed by atoms with Crippen molar-refractivity contribution in [3.63, 3.8) is 0 Å². The fourth-order valence-electron chi connectivity index (χ4n) is 5.88. The summed E-state index contributed by atoms with van der Waals surface area (Å²) in [6, 6.07) is 5.23. The van der Waals surface area contributed by atoms with Gasteiger partial charge in [0, 0.05) is 37.1 Å². The molecular formula is C33H43FN4O5. The summed E-state index contributed by atoms with van der Waals surface area (Å²) < 4.78 is 18.8. The van der Waals surface area contributed by atoms with Gasteiger partial charge < -0.3 is 15.0 Å². The number of carbonyl (C=O) groups is 4. The summed E-state index contributed by atoms with van der Waals surface area (Å²) in [4.78, 5) is 60.7. The molecule has 3 atom stereocenters. The van der Waals surface area contributed by atoms with Gasteiger partial charge in [-0.05, 0) is 95.2 Å². The minimum absolute atomic E-state index is 0.0185. The summed E-state index contributed by atoms with van der Waals surface area (Å²) in [5.74, 6) is -1.29. The number of halogens is 1. The predicted octanol–water partition coefficient (Wildman–Crippen LogP) is 5.44. The highest BCUT2D eigenvalue weighted by atomic mass is 19.1. The fourth-order valence-corrected chi connectivity index (χ4v) is 5.88. The normalized spacial score (nSPS) is 18.9. The highest BCUT2D eigenvalue weighted by Gasteiger charge is 2.40. The summed E-state index contributed by atoms with van der Waals surface area (Å²) >= 11 is 0. The van der Waals surface area contributed by atoms with Crippen LogP contribution in [0.1, 0.15) is 100 Å². The third kappa shape index (κ3) is 7.97. The van der Waals surface area contributed by atoms with E-state index in [0.717, 1.165) is 44.1 Å². The molecule has 1 aliphatic heterocycles. The molecule has 1 unspecified atom stereocenters. The lowest BCUT2D eigenvalue weighted by atomic mass is 9.83. The van der Waals surface area contributed by atoms with Crippen LogP contribution in [0.3, 0.4) is 0 Å². The molecule has 2 heterocycles. The molecule has 43 heavy (non-hydrogen) atoms. The number of ether oxygens (including phenoxy) is 1. The average Bonchev–Trinajstić information content (AvgIpc) is 3.48.